The average Bonchev–Trinajstić information content (AvgIpc) is 3.47. The lowest BCUT2D eigenvalue weighted by atomic mass is 9.93. The molecule has 37 heavy (non-hydrogen) atoms. The van der Waals surface area contributed by atoms with Crippen molar-refractivity contribution in [2.45, 2.75) is 57.7 Å². The number of ether oxygens (including phenoxy) is 1. The molecule has 2 heterocycles. The van der Waals surface area contributed by atoms with Crippen molar-refractivity contribution < 1.29 is 28.4 Å². The molecule has 200 valence electrons. The Hall–Kier alpha value is -2.72. The molecule has 2 unspecified atom stereocenters. The fourth-order valence-corrected chi connectivity index (χ4v) is 5.99. The number of aryl methyl sites for hydroxylation is 1. The number of phosphoric ester groups is 1. The van der Waals surface area contributed by atoms with Gasteiger partial charge in [0.1, 0.15) is 17.1 Å². The summed E-state index contributed by atoms with van der Waals surface area (Å²) in [6.45, 7) is 4.38. The van der Waals surface area contributed by atoms with E-state index in [4.69, 9.17) is 24.0 Å². The van der Waals surface area contributed by atoms with Gasteiger partial charge in [0.2, 0.25) is 5.95 Å². The Balaban J connectivity index is 1.28. The number of rotatable bonds is 9. The molecule has 2 saturated carbocycles. The number of phosphoric acid groups is 1. The summed E-state index contributed by atoms with van der Waals surface area (Å²) in [5.74, 6) is 3.12. The molecule has 12 heteroatoms. The molecule has 0 radical (unpaired) electrons. The van der Waals surface area contributed by atoms with Crippen LogP contribution in [0.5, 0.6) is 5.75 Å². The Morgan fingerprint density at radius 1 is 1.19 bits per heavy atom. The molecular weight excluding hydrogens is 497 g/mol. The zero-order valence-electron chi connectivity index (χ0n) is 21.1. The predicted octanol–water partition coefficient (Wildman–Crippen LogP) is 3.01. The van der Waals surface area contributed by atoms with Crippen LogP contribution in [-0.4, -0.2) is 58.0 Å². The first kappa shape index (κ1) is 25.9. The summed E-state index contributed by atoms with van der Waals surface area (Å²) < 4.78 is 21.3. The molecule has 1 saturated heterocycles. The van der Waals surface area contributed by atoms with E-state index < -0.39 is 13.9 Å². The largest absolute Gasteiger partial charge is 0.496 e. The van der Waals surface area contributed by atoms with Crippen LogP contribution in [0.15, 0.2) is 24.4 Å². The minimum Gasteiger partial charge on any atom is -0.496 e. The molecule has 0 bridgehead atoms. The van der Waals surface area contributed by atoms with Crippen molar-refractivity contribution in [1.82, 2.24) is 15.3 Å². The highest BCUT2D eigenvalue weighted by atomic mass is 31.2. The Bertz CT molecular complexity index is 1190. The molecule has 5 rings (SSSR count). The fraction of sp³-hybridized carbons (Fsp3) is 0.560. The van der Waals surface area contributed by atoms with Gasteiger partial charge < -0.3 is 30.1 Å². The Labute approximate surface area is 216 Å². The monoisotopic (exact) mass is 531 g/mol. The number of hydrogen-bond donors (Lipinski definition) is 4. The van der Waals surface area contributed by atoms with Gasteiger partial charge in [-0.1, -0.05) is 12.1 Å². The maximum absolute atomic E-state index is 13.3. The number of nitrogens with one attached hydrogen (secondary N) is 2. The lowest BCUT2D eigenvalue weighted by Gasteiger charge is -2.29. The van der Waals surface area contributed by atoms with E-state index in [2.05, 4.69) is 20.5 Å². The third kappa shape index (κ3) is 6.41. The fourth-order valence-electron chi connectivity index (χ4n) is 5.39. The quantitative estimate of drug-likeness (QED) is 0.356. The number of piperidine rings is 1. The zero-order chi connectivity index (χ0) is 26.2. The molecule has 2 aromatic rings. The Morgan fingerprint density at radius 2 is 1.92 bits per heavy atom. The van der Waals surface area contributed by atoms with Crippen LogP contribution in [0.2, 0.25) is 0 Å². The van der Waals surface area contributed by atoms with Gasteiger partial charge in [0.05, 0.1) is 13.2 Å². The van der Waals surface area contributed by atoms with Gasteiger partial charge in [-0.3, -0.25) is 9.32 Å². The van der Waals surface area contributed by atoms with Crippen molar-refractivity contribution in [1.29, 1.82) is 0 Å². The van der Waals surface area contributed by atoms with E-state index in [1.54, 1.807) is 13.3 Å². The maximum atomic E-state index is 13.3. The van der Waals surface area contributed by atoms with Crippen LogP contribution in [0.3, 0.4) is 0 Å². The molecule has 1 aromatic carbocycles. The van der Waals surface area contributed by atoms with Crippen molar-refractivity contribution in [2.75, 3.05) is 30.4 Å². The summed E-state index contributed by atoms with van der Waals surface area (Å²) >= 11 is 0. The molecular formula is C25H34N5O6P. The second-order valence-corrected chi connectivity index (χ2v) is 11.5. The van der Waals surface area contributed by atoms with Gasteiger partial charge in [0.25, 0.3) is 5.91 Å². The summed E-state index contributed by atoms with van der Waals surface area (Å²) in [6, 6.07) is 5.83. The van der Waals surface area contributed by atoms with Crippen LogP contribution >= 0.6 is 7.82 Å². The number of benzene rings is 1. The number of amides is 1. The first-order valence-corrected chi connectivity index (χ1v) is 14.3. The van der Waals surface area contributed by atoms with Crippen LogP contribution in [0, 0.1) is 18.8 Å². The van der Waals surface area contributed by atoms with E-state index in [1.807, 2.05) is 25.1 Å². The molecule has 2 aliphatic carbocycles. The Kier molecular flexibility index (Phi) is 7.40. The zero-order valence-corrected chi connectivity index (χ0v) is 22.0. The van der Waals surface area contributed by atoms with E-state index in [0.717, 1.165) is 41.8 Å². The van der Waals surface area contributed by atoms with Crippen molar-refractivity contribution in [3.63, 3.8) is 0 Å². The standard InChI is InChI=1S/C25H34N5O6P/c1-15-9-16(3-8-22(15)35-2)11-26-23-21(12-27-25(29-23)30-13-17-10-18(17)14-30)24(31)28-19-4-6-20(7-5-19)36-37(32,33)34/h3,8-9,12,17-20H,4-7,10-11,13-14H2,1-2H3,(H,28,31)(H,26,27,29)(H2,32,33,34)/t17?,18?,19-,20-. The van der Waals surface area contributed by atoms with Gasteiger partial charge in [0, 0.05) is 31.9 Å². The SMILES string of the molecule is COc1ccc(CNc2nc(N3CC4CC4C3)ncc2C(=O)N[C@H]2CC[C@H](OP(=O)(O)O)CC2)cc1C. The number of methoxy groups -OCH3 is 1. The van der Waals surface area contributed by atoms with Crippen molar-refractivity contribution in [3.05, 3.63) is 41.1 Å². The molecule has 4 N–H and O–H groups in total. The van der Waals surface area contributed by atoms with Gasteiger partial charge in [-0.05, 0) is 68.1 Å². The van der Waals surface area contributed by atoms with Crippen LogP contribution < -0.4 is 20.3 Å². The van der Waals surface area contributed by atoms with Crippen molar-refractivity contribution >= 4 is 25.5 Å². The van der Waals surface area contributed by atoms with Gasteiger partial charge >= 0.3 is 7.82 Å². The highest BCUT2D eigenvalue weighted by Gasteiger charge is 2.46. The normalized spacial score (nSPS) is 24.9. The predicted molar refractivity (Wildman–Crippen MR) is 138 cm³/mol. The van der Waals surface area contributed by atoms with E-state index in [1.165, 1.54) is 6.42 Å². The number of hydrogen-bond acceptors (Lipinski definition) is 8. The third-order valence-electron chi connectivity index (χ3n) is 7.50. The number of carbonyl (C=O) groups is 1. The molecule has 3 aliphatic rings. The number of carbonyl (C=O) groups excluding carboxylic acids is 1. The molecule has 1 amide bonds. The van der Waals surface area contributed by atoms with Crippen LogP contribution in [-0.2, 0) is 15.6 Å². The van der Waals surface area contributed by atoms with Gasteiger partial charge in [0.15, 0.2) is 0 Å². The Morgan fingerprint density at radius 3 is 2.57 bits per heavy atom. The molecule has 1 aromatic heterocycles. The number of nitrogens with zero attached hydrogens (tertiary/aromatic N) is 3. The lowest BCUT2D eigenvalue weighted by Crippen LogP contribution is -2.39. The second kappa shape index (κ2) is 10.6. The van der Waals surface area contributed by atoms with Gasteiger partial charge in [-0.2, -0.15) is 4.98 Å². The first-order chi connectivity index (χ1) is 17.7. The summed E-state index contributed by atoms with van der Waals surface area (Å²) in [4.78, 5) is 42.8. The van der Waals surface area contributed by atoms with E-state index in [-0.39, 0.29) is 11.9 Å². The van der Waals surface area contributed by atoms with E-state index in [0.29, 0.717) is 49.6 Å². The number of aromatic nitrogens is 2. The first-order valence-electron chi connectivity index (χ1n) is 12.7. The van der Waals surface area contributed by atoms with Crippen molar-refractivity contribution in [2.24, 2.45) is 11.8 Å². The smallest absolute Gasteiger partial charge is 0.469 e. The maximum Gasteiger partial charge on any atom is 0.469 e. The molecule has 11 nitrogen and oxygen atoms in total. The van der Waals surface area contributed by atoms with E-state index >= 15 is 0 Å². The molecule has 0 spiro atoms. The second-order valence-electron chi connectivity index (χ2n) is 10.3. The highest BCUT2D eigenvalue weighted by molar-refractivity contribution is 7.46. The number of fused-ring (bicyclic) bond motifs is 1. The van der Waals surface area contributed by atoms with Crippen LogP contribution in [0.4, 0.5) is 11.8 Å². The highest BCUT2D eigenvalue weighted by Crippen LogP contribution is 2.45. The molecule has 1 aliphatic heterocycles. The summed E-state index contributed by atoms with van der Waals surface area (Å²) in [5, 5.41) is 6.39. The van der Waals surface area contributed by atoms with Crippen LogP contribution in [0.1, 0.15) is 53.6 Å². The van der Waals surface area contributed by atoms with Gasteiger partial charge in [-0.25, -0.2) is 9.55 Å². The topological polar surface area (TPSA) is 146 Å². The van der Waals surface area contributed by atoms with Gasteiger partial charge in [-0.15, -0.1) is 0 Å². The third-order valence-corrected chi connectivity index (χ3v) is 8.07. The number of anilines is 2. The minimum atomic E-state index is -4.52. The minimum absolute atomic E-state index is 0.119. The van der Waals surface area contributed by atoms with Crippen LogP contribution in [0.25, 0.3) is 0 Å². The summed E-state index contributed by atoms with van der Waals surface area (Å²) in [6.07, 6.45) is 4.43. The molecule has 2 atom stereocenters. The summed E-state index contributed by atoms with van der Waals surface area (Å²) in [5.41, 5.74) is 2.43. The van der Waals surface area contributed by atoms with Crippen molar-refractivity contribution in [3.8, 4) is 5.75 Å². The average molecular weight is 532 g/mol. The molecule has 3 fully saturated rings. The van der Waals surface area contributed by atoms with E-state index in [9.17, 15) is 9.36 Å². The summed E-state index contributed by atoms with van der Waals surface area (Å²) in [7, 11) is -2.87. The lowest BCUT2D eigenvalue weighted by molar-refractivity contribution is 0.0820.